The van der Waals surface area contributed by atoms with E-state index in [1.807, 2.05) is 12.1 Å². The number of aliphatic hydroxyl groups excluding tert-OH is 1. The van der Waals surface area contributed by atoms with Crippen LogP contribution < -0.4 is 5.56 Å². The van der Waals surface area contributed by atoms with Crippen molar-refractivity contribution in [3.05, 3.63) is 45.5 Å². The van der Waals surface area contributed by atoms with Crippen LogP contribution in [-0.2, 0) is 4.74 Å². The first-order valence-corrected chi connectivity index (χ1v) is 8.16. The highest BCUT2D eigenvalue weighted by Crippen LogP contribution is 2.28. The molecule has 3 aromatic rings. The standard InChI is InChI=1S/C16H14BrN3O3/c17-11-6-10-14(9-2-1-4-18-15(9)11)19-8-20(16(10)22)12-7-23-5-3-13(12)21/h1-2,4,6,8,12-13,21H,3,5,7H2/t12-,13-/m0/s1. The summed E-state index contributed by atoms with van der Waals surface area (Å²) >= 11 is 3.47. The number of aliphatic hydroxyl groups is 1. The quantitative estimate of drug-likeness (QED) is 0.658. The van der Waals surface area contributed by atoms with Crippen LogP contribution in [0.25, 0.3) is 21.8 Å². The summed E-state index contributed by atoms with van der Waals surface area (Å²) in [6.45, 7) is 0.819. The Balaban J connectivity index is 1.98. The van der Waals surface area contributed by atoms with Gasteiger partial charge >= 0.3 is 0 Å². The Morgan fingerprint density at radius 3 is 3.00 bits per heavy atom. The molecule has 1 saturated heterocycles. The molecule has 0 radical (unpaired) electrons. The highest BCUT2D eigenvalue weighted by molar-refractivity contribution is 9.10. The number of aromatic nitrogens is 3. The van der Waals surface area contributed by atoms with Gasteiger partial charge in [0.1, 0.15) is 0 Å². The number of benzene rings is 1. The van der Waals surface area contributed by atoms with Gasteiger partial charge in [0.25, 0.3) is 5.56 Å². The molecule has 23 heavy (non-hydrogen) atoms. The van der Waals surface area contributed by atoms with Crippen LogP contribution in [0.1, 0.15) is 12.5 Å². The largest absolute Gasteiger partial charge is 0.391 e. The smallest absolute Gasteiger partial charge is 0.261 e. The third-order valence-corrected chi connectivity index (χ3v) is 4.84. The minimum absolute atomic E-state index is 0.184. The second-order valence-corrected chi connectivity index (χ2v) is 6.46. The van der Waals surface area contributed by atoms with E-state index in [0.29, 0.717) is 30.5 Å². The molecule has 118 valence electrons. The van der Waals surface area contributed by atoms with Gasteiger partial charge in [-0.05, 0) is 40.5 Å². The number of pyridine rings is 1. The lowest BCUT2D eigenvalue weighted by Gasteiger charge is -2.29. The molecule has 1 N–H and O–H groups in total. The molecule has 0 saturated carbocycles. The lowest BCUT2D eigenvalue weighted by atomic mass is 10.1. The van der Waals surface area contributed by atoms with Gasteiger partial charge in [-0.3, -0.25) is 14.3 Å². The Morgan fingerprint density at radius 1 is 1.30 bits per heavy atom. The highest BCUT2D eigenvalue weighted by Gasteiger charge is 2.27. The summed E-state index contributed by atoms with van der Waals surface area (Å²) in [5.41, 5.74) is 1.20. The van der Waals surface area contributed by atoms with Crippen LogP contribution in [0.15, 0.2) is 40.0 Å². The predicted molar refractivity (Wildman–Crippen MR) is 89.5 cm³/mol. The molecule has 0 aliphatic carbocycles. The van der Waals surface area contributed by atoms with Gasteiger partial charge in [0.05, 0.1) is 41.5 Å². The Labute approximate surface area is 139 Å². The Morgan fingerprint density at radius 2 is 2.17 bits per heavy atom. The van der Waals surface area contributed by atoms with E-state index < -0.39 is 12.1 Å². The molecular formula is C16H14BrN3O3. The van der Waals surface area contributed by atoms with E-state index >= 15 is 0 Å². The molecule has 4 rings (SSSR count). The summed E-state index contributed by atoms with van der Waals surface area (Å²) < 4.78 is 7.62. The summed E-state index contributed by atoms with van der Waals surface area (Å²) in [4.78, 5) is 21.7. The summed E-state index contributed by atoms with van der Waals surface area (Å²) in [5, 5.41) is 11.5. The van der Waals surface area contributed by atoms with Crippen molar-refractivity contribution in [2.45, 2.75) is 18.6 Å². The fraction of sp³-hybridized carbons (Fsp3) is 0.312. The molecule has 1 fully saturated rings. The molecular weight excluding hydrogens is 362 g/mol. The first-order chi connectivity index (χ1) is 11.2. The number of hydrogen-bond donors (Lipinski definition) is 1. The molecule has 1 aromatic carbocycles. The van der Waals surface area contributed by atoms with Gasteiger partial charge in [0.15, 0.2) is 0 Å². The SMILES string of the molecule is O=c1c2cc(Br)c3ncccc3c2ncn1[C@H]1COCC[C@@H]1O. The molecule has 2 atom stereocenters. The summed E-state index contributed by atoms with van der Waals surface area (Å²) in [6.07, 6.45) is 3.11. The summed E-state index contributed by atoms with van der Waals surface area (Å²) in [7, 11) is 0. The van der Waals surface area contributed by atoms with Crippen LogP contribution in [0.4, 0.5) is 0 Å². The molecule has 1 aliphatic rings. The third-order valence-electron chi connectivity index (χ3n) is 4.24. The molecule has 6 nitrogen and oxygen atoms in total. The number of fused-ring (bicyclic) bond motifs is 3. The van der Waals surface area contributed by atoms with Crippen molar-refractivity contribution in [1.82, 2.24) is 14.5 Å². The highest BCUT2D eigenvalue weighted by atomic mass is 79.9. The van der Waals surface area contributed by atoms with Crippen molar-refractivity contribution >= 4 is 37.7 Å². The average molecular weight is 376 g/mol. The van der Waals surface area contributed by atoms with E-state index in [9.17, 15) is 9.90 Å². The third kappa shape index (κ3) is 2.36. The zero-order valence-electron chi connectivity index (χ0n) is 12.1. The molecule has 3 heterocycles. The van der Waals surface area contributed by atoms with Gasteiger partial charge in [-0.25, -0.2) is 4.98 Å². The predicted octanol–water partition coefficient (Wildman–Crippen LogP) is 2.03. The number of hydrogen-bond acceptors (Lipinski definition) is 5. The van der Waals surface area contributed by atoms with Crippen LogP contribution in [0, 0.1) is 0 Å². The van der Waals surface area contributed by atoms with E-state index in [0.717, 1.165) is 15.4 Å². The molecule has 2 aromatic heterocycles. The maximum atomic E-state index is 12.9. The Bertz CT molecular complexity index is 956. The maximum Gasteiger partial charge on any atom is 0.261 e. The van der Waals surface area contributed by atoms with Gasteiger partial charge in [-0.1, -0.05) is 0 Å². The van der Waals surface area contributed by atoms with Gasteiger partial charge < -0.3 is 9.84 Å². The first-order valence-electron chi connectivity index (χ1n) is 7.36. The van der Waals surface area contributed by atoms with Crippen molar-refractivity contribution < 1.29 is 9.84 Å². The number of halogens is 1. The van der Waals surface area contributed by atoms with E-state index in [1.54, 1.807) is 12.3 Å². The molecule has 0 bridgehead atoms. The van der Waals surface area contributed by atoms with E-state index in [-0.39, 0.29) is 5.56 Å². The Kier molecular flexibility index (Phi) is 3.63. The van der Waals surface area contributed by atoms with Crippen LogP contribution in [-0.4, -0.2) is 39.0 Å². The zero-order valence-corrected chi connectivity index (χ0v) is 13.7. The average Bonchev–Trinajstić information content (AvgIpc) is 2.57. The Hall–Kier alpha value is -1.83. The second kappa shape index (κ2) is 5.67. The fourth-order valence-corrected chi connectivity index (χ4v) is 3.57. The number of nitrogens with zero attached hydrogens (tertiary/aromatic N) is 3. The second-order valence-electron chi connectivity index (χ2n) is 5.61. The summed E-state index contributed by atoms with van der Waals surface area (Å²) in [5.74, 6) is 0. The summed E-state index contributed by atoms with van der Waals surface area (Å²) in [6, 6.07) is 5.05. The maximum absolute atomic E-state index is 12.9. The van der Waals surface area contributed by atoms with E-state index in [1.165, 1.54) is 10.9 Å². The lowest BCUT2D eigenvalue weighted by molar-refractivity contribution is -0.0303. The fourth-order valence-electron chi connectivity index (χ4n) is 3.02. The van der Waals surface area contributed by atoms with Gasteiger partial charge in [-0.2, -0.15) is 0 Å². The molecule has 0 unspecified atom stereocenters. The van der Waals surface area contributed by atoms with Crippen molar-refractivity contribution in [2.24, 2.45) is 0 Å². The van der Waals surface area contributed by atoms with Crippen LogP contribution in [0.2, 0.25) is 0 Å². The van der Waals surface area contributed by atoms with Crippen molar-refractivity contribution in [3.63, 3.8) is 0 Å². The number of rotatable bonds is 1. The molecule has 0 spiro atoms. The van der Waals surface area contributed by atoms with Crippen molar-refractivity contribution in [1.29, 1.82) is 0 Å². The molecule has 1 aliphatic heterocycles. The molecule has 0 amide bonds. The minimum Gasteiger partial charge on any atom is -0.391 e. The topological polar surface area (TPSA) is 77.2 Å². The van der Waals surface area contributed by atoms with Crippen molar-refractivity contribution in [2.75, 3.05) is 13.2 Å². The van der Waals surface area contributed by atoms with Gasteiger partial charge in [0.2, 0.25) is 0 Å². The first kappa shape index (κ1) is 14.7. The lowest BCUT2D eigenvalue weighted by Crippen LogP contribution is -2.39. The van der Waals surface area contributed by atoms with Crippen LogP contribution >= 0.6 is 15.9 Å². The van der Waals surface area contributed by atoms with Crippen LogP contribution in [0.5, 0.6) is 0 Å². The van der Waals surface area contributed by atoms with Gasteiger partial charge in [0, 0.05) is 22.7 Å². The number of ether oxygens (including phenoxy) is 1. The van der Waals surface area contributed by atoms with Crippen LogP contribution in [0.3, 0.4) is 0 Å². The normalized spacial score (nSPS) is 21.8. The molecule has 7 heteroatoms. The monoisotopic (exact) mass is 375 g/mol. The van der Waals surface area contributed by atoms with Gasteiger partial charge in [-0.15, -0.1) is 0 Å². The minimum atomic E-state index is -0.605. The van der Waals surface area contributed by atoms with E-state index in [4.69, 9.17) is 4.74 Å². The van der Waals surface area contributed by atoms with Crippen molar-refractivity contribution in [3.8, 4) is 0 Å². The van der Waals surface area contributed by atoms with E-state index in [2.05, 4.69) is 25.9 Å². The zero-order chi connectivity index (χ0) is 16.0.